The zero-order chi connectivity index (χ0) is 14.9. The zero-order valence-corrected chi connectivity index (χ0v) is 13.7. The number of ether oxygens (including phenoxy) is 1. The third-order valence-electron chi connectivity index (χ3n) is 3.18. The van der Waals surface area contributed by atoms with Crippen LogP contribution in [0.1, 0.15) is 37.5 Å². The van der Waals surface area contributed by atoms with Crippen molar-refractivity contribution in [1.29, 1.82) is 0 Å². The Balaban J connectivity index is 2.17. The van der Waals surface area contributed by atoms with Gasteiger partial charge in [-0.3, -0.25) is 0 Å². The van der Waals surface area contributed by atoms with Crippen LogP contribution < -0.4 is 0 Å². The van der Waals surface area contributed by atoms with Crippen LogP contribution in [0.5, 0.6) is 0 Å². The van der Waals surface area contributed by atoms with Gasteiger partial charge in [-0.1, -0.05) is 22.0 Å². The lowest BCUT2D eigenvalue weighted by Crippen LogP contribution is -2.40. The van der Waals surface area contributed by atoms with Gasteiger partial charge in [0.2, 0.25) is 0 Å². The SMILES string of the molecule is CC(C)(C)OC(=O)N1CCc2cc(CO)cc(Br)c2C1. The molecular weight excluding hydrogens is 322 g/mol. The number of benzene rings is 1. The van der Waals surface area contributed by atoms with Crippen LogP contribution in [0.15, 0.2) is 16.6 Å². The largest absolute Gasteiger partial charge is 0.444 e. The van der Waals surface area contributed by atoms with Gasteiger partial charge in [-0.15, -0.1) is 0 Å². The highest BCUT2D eigenvalue weighted by molar-refractivity contribution is 9.10. The van der Waals surface area contributed by atoms with E-state index >= 15 is 0 Å². The second-order valence-electron chi connectivity index (χ2n) is 6.03. The highest BCUT2D eigenvalue weighted by Gasteiger charge is 2.26. The molecule has 1 aliphatic rings. The van der Waals surface area contributed by atoms with Gasteiger partial charge in [0.25, 0.3) is 0 Å². The molecule has 0 fully saturated rings. The Hall–Kier alpha value is -1.07. The van der Waals surface area contributed by atoms with Gasteiger partial charge in [0, 0.05) is 11.0 Å². The van der Waals surface area contributed by atoms with Crippen LogP contribution in [0.4, 0.5) is 4.79 Å². The summed E-state index contributed by atoms with van der Waals surface area (Å²) in [6.07, 6.45) is 0.502. The molecule has 1 aliphatic heterocycles. The van der Waals surface area contributed by atoms with Gasteiger partial charge in [0.15, 0.2) is 0 Å². The second kappa shape index (κ2) is 5.74. The summed E-state index contributed by atoms with van der Waals surface area (Å²) in [7, 11) is 0. The summed E-state index contributed by atoms with van der Waals surface area (Å²) in [5.41, 5.74) is 2.69. The van der Waals surface area contributed by atoms with Crippen molar-refractivity contribution in [3.63, 3.8) is 0 Å². The summed E-state index contributed by atoms with van der Waals surface area (Å²) in [4.78, 5) is 13.8. The Bertz CT molecular complexity index is 523. The molecule has 0 aromatic heterocycles. The highest BCUT2D eigenvalue weighted by Crippen LogP contribution is 2.29. The van der Waals surface area contributed by atoms with E-state index in [9.17, 15) is 9.90 Å². The minimum atomic E-state index is -0.477. The molecule has 1 heterocycles. The summed E-state index contributed by atoms with van der Waals surface area (Å²) in [5.74, 6) is 0. The highest BCUT2D eigenvalue weighted by atomic mass is 79.9. The van der Waals surface area contributed by atoms with Gasteiger partial charge in [-0.25, -0.2) is 4.79 Å². The number of hydrogen-bond acceptors (Lipinski definition) is 3. The molecule has 2 rings (SSSR count). The molecule has 1 N–H and O–H groups in total. The van der Waals surface area contributed by atoms with Crippen LogP contribution in [0.2, 0.25) is 0 Å². The van der Waals surface area contributed by atoms with E-state index < -0.39 is 5.60 Å². The van der Waals surface area contributed by atoms with Crippen LogP contribution in [0.3, 0.4) is 0 Å². The predicted molar refractivity (Wildman–Crippen MR) is 80.4 cm³/mol. The molecule has 0 bridgehead atoms. The Morgan fingerprint density at radius 1 is 1.45 bits per heavy atom. The number of fused-ring (bicyclic) bond motifs is 1. The Morgan fingerprint density at radius 3 is 2.75 bits per heavy atom. The summed E-state index contributed by atoms with van der Waals surface area (Å²) in [5, 5.41) is 9.23. The van der Waals surface area contributed by atoms with Crippen LogP contribution in [-0.2, 0) is 24.3 Å². The summed E-state index contributed by atoms with van der Waals surface area (Å²) < 4.78 is 6.35. The van der Waals surface area contributed by atoms with Crippen molar-refractivity contribution >= 4 is 22.0 Å². The fourth-order valence-electron chi connectivity index (χ4n) is 2.25. The quantitative estimate of drug-likeness (QED) is 0.852. The standard InChI is InChI=1S/C15H20BrNO3/c1-15(2,3)20-14(19)17-5-4-11-6-10(9-18)7-13(16)12(11)8-17/h6-7,18H,4-5,8-9H2,1-3H3. The molecular formula is C15H20BrNO3. The normalized spacial score (nSPS) is 14.9. The van der Waals surface area contributed by atoms with E-state index in [1.165, 1.54) is 5.56 Å². The number of halogens is 1. The lowest BCUT2D eigenvalue weighted by atomic mass is 9.97. The van der Waals surface area contributed by atoms with Gasteiger partial charge >= 0.3 is 6.09 Å². The van der Waals surface area contributed by atoms with Crippen molar-refractivity contribution in [2.45, 2.75) is 45.9 Å². The fraction of sp³-hybridized carbons (Fsp3) is 0.533. The number of aliphatic hydroxyl groups is 1. The van der Waals surface area contributed by atoms with Crippen LogP contribution in [0, 0.1) is 0 Å². The van der Waals surface area contributed by atoms with Crippen molar-refractivity contribution in [1.82, 2.24) is 4.90 Å². The zero-order valence-electron chi connectivity index (χ0n) is 12.1. The molecule has 0 radical (unpaired) electrons. The van der Waals surface area contributed by atoms with Gasteiger partial charge in [0.05, 0.1) is 13.2 Å². The molecule has 0 aliphatic carbocycles. The topological polar surface area (TPSA) is 49.8 Å². The molecule has 110 valence electrons. The molecule has 20 heavy (non-hydrogen) atoms. The van der Waals surface area contributed by atoms with Gasteiger partial charge in [-0.2, -0.15) is 0 Å². The van der Waals surface area contributed by atoms with E-state index in [0.717, 1.165) is 22.0 Å². The first-order valence-electron chi connectivity index (χ1n) is 6.69. The Labute approximate surface area is 127 Å². The molecule has 5 heteroatoms. The molecule has 0 spiro atoms. The summed E-state index contributed by atoms with van der Waals surface area (Å²) in [6, 6.07) is 3.91. The maximum Gasteiger partial charge on any atom is 0.410 e. The lowest BCUT2D eigenvalue weighted by molar-refractivity contribution is 0.0223. The maximum atomic E-state index is 12.1. The van der Waals surface area contributed by atoms with Crippen molar-refractivity contribution in [3.05, 3.63) is 33.3 Å². The first-order valence-corrected chi connectivity index (χ1v) is 7.48. The molecule has 0 saturated heterocycles. The third-order valence-corrected chi connectivity index (χ3v) is 3.89. The van der Waals surface area contributed by atoms with Crippen molar-refractivity contribution in [3.8, 4) is 0 Å². The summed E-state index contributed by atoms with van der Waals surface area (Å²) >= 11 is 3.52. The minimum Gasteiger partial charge on any atom is -0.444 e. The van der Waals surface area contributed by atoms with Gasteiger partial charge in [-0.05, 0) is 49.9 Å². The van der Waals surface area contributed by atoms with Gasteiger partial charge < -0.3 is 14.7 Å². The first kappa shape index (κ1) is 15.3. The number of nitrogens with zero attached hydrogens (tertiary/aromatic N) is 1. The number of amides is 1. The van der Waals surface area contributed by atoms with Crippen molar-refractivity contribution in [2.24, 2.45) is 0 Å². The van der Waals surface area contributed by atoms with Crippen LogP contribution in [0.25, 0.3) is 0 Å². The lowest BCUT2D eigenvalue weighted by Gasteiger charge is -2.32. The average Bonchev–Trinajstić information content (AvgIpc) is 2.36. The maximum absolute atomic E-state index is 12.1. The number of rotatable bonds is 1. The third kappa shape index (κ3) is 3.52. The second-order valence-corrected chi connectivity index (χ2v) is 6.88. The number of carbonyl (C=O) groups is 1. The smallest absolute Gasteiger partial charge is 0.410 e. The monoisotopic (exact) mass is 341 g/mol. The van der Waals surface area contributed by atoms with E-state index in [4.69, 9.17) is 4.74 Å². The number of hydrogen-bond donors (Lipinski definition) is 1. The van der Waals surface area contributed by atoms with E-state index in [1.54, 1.807) is 4.90 Å². The van der Waals surface area contributed by atoms with Crippen LogP contribution >= 0.6 is 15.9 Å². The molecule has 0 atom stereocenters. The number of carbonyl (C=O) groups excluding carboxylic acids is 1. The predicted octanol–water partition coefficient (Wildman–Crippen LogP) is 3.23. The van der Waals surface area contributed by atoms with E-state index in [-0.39, 0.29) is 12.7 Å². The molecule has 1 aromatic rings. The molecule has 0 saturated carbocycles. The van der Waals surface area contributed by atoms with Crippen molar-refractivity contribution < 1.29 is 14.6 Å². The molecule has 4 nitrogen and oxygen atoms in total. The van der Waals surface area contributed by atoms with E-state index in [1.807, 2.05) is 32.9 Å². The Morgan fingerprint density at radius 2 is 2.15 bits per heavy atom. The number of aliphatic hydroxyl groups excluding tert-OH is 1. The van der Waals surface area contributed by atoms with Crippen LogP contribution in [-0.4, -0.2) is 28.2 Å². The Kier molecular flexibility index (Phi) is 4.39. The summed E-state index contributed by atoms with van der Waals surface area (Å²) in [6.45, 7) is 6.81. The van der Waals surface area contributed by atoms with E-state index in [0.29, 0.717) is 13.1 Å². The van der Waals surface area contributed by atoms with Crippen molar-refractivity contribution in [2.75, 3.05) is 6.54 Å². The first-order chi connectivity index (χ1) is 9.30. The minimum absolute atomic E-state index is 0.0294. The molecule has 1 aromatic carbocycles. The van der Waals surface area contributed by atoms with E-state index in [2.05, 4.69) is 15.9 Å². The average molecular weight is 342 g/mol. The fourth-order valence-corrected chi connectivity index (χ4v) is 2.93. The molecule has 0 unspecified atom stereocenters. The molecule has 1 amide bonds. The van der Waals surface area contributed by atoms with Gasteiger partial charge in [0.1, 0.15) is 5.60 Å².